The van der Waals surface area contributed by atoms with Crippen molar-refractivity contribution in [3.05, 3.63) is 29.9 Å². The molecule has 0 saturated carbocycles. The lowest BCUT2D eigenvalue weighted by Crippen LogP contribution is -2.04. The first-order chi connectivity index (χ1) is 5.90. The quantitative estimate of drug-likeness (QED) is 0.411. The minimum Gasteiger partial charge on any atom is -0.324 e. The summed E-state index contributed by atoms with van der Waals surface area (Å²) in [7, 11) is 0. The molecule has 3 N–H and O–H groups in total. The molecule has 0 radical (unpaired) electrons. The van der Waals surface area contributed by atoms with Crippen LogP contribution in [-0.2, 0) is 0 Å². The molecule has 0 unspecified atom stereocenters. The van der Waals surface area contributed by atoms with Crippen molar-refractivity contribution in [3.8, 4) is 0 Å². The first-order valence-electron chi connectivity index (χ1n) is 3.60. The third-order valence-corrected chi connectivity index (χ3v) is 1.63. The van der Waals surface area contributed by atoms with Crippen LogP contribution < -0.4 is 5.62 Å². The van der Waals surface area contributed by atoms with Crippen molar-refractivity contribution in [2.45, 2.75) is 0 Å². The molecule has 1 heterocycles. The number of imidazole rings is 1. The summed E-state index contributed by atoms with van der Waals surface area (Å²) in [5.41, 5.74) is 2.60. The van der Waals surface area contributed by atoms with Gasteiger partial charge in [0.2, 0.25) is 5.62 Å². The molecule has 0 fully saturated rings. The summed E-state index contributed by atoms with van der Waals surface area (Å²) in [5, 5.41) is 6.78. The van der Waals surface area contributed by atoms with Crippen LogP contribution in [0.2, 0.25) is 0 Å². The lowest BCUT2D eigenvalue weighted by atomic mass is 10.3. The highest BCUT2D eigenvalue weighted by atomic mass is 15.0. The van der Waals surface area contributed by atoms with Crippen LogP contribution in [0.15, 0.2) is 29.3 Å². The van der Waals surface area contributed by atoms with Crippen LogP contribution in [0.1, 0.15) is 0 Å². The van der Waals surface area contributed by atoms with E-state index in [1.54, 1.807) is 0 Å². The third kappa shape index (κ3) is 1.03. The monoisotopic (exact) mass is 160 g/mol. The second-order valence-electron chi connectivity index (χ2n) is 2.40. The average Bonchev–Trinajstić information content (AvgIpc) is 2.47. The molecule has 0 amide bonds. The smallest absolute Gasteiger partial charge is 0.206 e. The Morgan fingerprint density at radius 2 is 1.75 bits per heavy atom. The fraction of sp³-hybridized carbons (Fsp3) is 0. The van der Waals surface area contributed by atoms with E-state index in [-0.39, 0.29) is 0 Å². The second kappa shape index (κ2) is 2.65. The number of benzene rings is 1. The zero-order valence-corrected chi connectivity index (χ0v) is 6.33. The van der Waals surface area contributed by atoms with Gasteiger partial charge < -0.3 is 9.97 Å². The first kappa shape index (κ1) is 6.84. The molecule has 4 heteroatoms. The van der Waals surface area contributed by atoms with Gasteiger partial charge in [0.25, 0.3) is 0 Å². The van der Waals surface area contributed by atoms with E-state index in [0.717, 1.165) is 17.4 Å². The molecule has 0 spiro atoms. The Hall–Kier alpha value is -1.84. The average molecular weight is 160 g/mol. The number of rotatable bonds is 1. The maximum atomic E-state index is 6.78. The van der Waals surface area contributed by atoms with Crippen LogP contribution in [-0.4, -0.2) is 16.3 Å². The summed E-state index contributed by atoms with van der Waals surface area (Å²) in [5.74, 6) is 0. The molecule has 2 aromatic rings. The number of hydrogen-bond donors (Lipinski definition) is 3. The molecule has 2 rings (SSSR count). The summed E-state index contributed by atoms with van der Waals surface area (Å²) in [4.78, 5) is 9.82. The molecule has 0 aliphatic heterocycles. The highest BCUT2D eigenvalue weighted by Crippen LogP contribution is 2.03. The fourth-order valence-corrected chi connectivity index (χ4v) is 1.12. The predicted molar refractivity (Wildman–Crippen MR) is 47.0 cm³/mol. The van der Waals surface area contributed by atoms with Crippen molar-refractivity contribution in [3.63, 3.8) is 0 Å². The van der Waals surface area contributed by atoms with Crippen LogP contribution in [0.4, 0.5) is 0 Å². The van der Waals surface area contributed by atoms with Gasteiger partial charge in [-0.15, -0.1) is 0 Å². The van der Waals surface area contributed by atoms with Gasteiger partial charge in [-0.3, -0.25) is 5.41 Å². The molecular formula is C8H8N4. The van der Waals surface area contributed by atoms with Gasteiger partial charge >= 0.3 is 0 Å². The lowest BCUT2D eigenvalue weighted by Gasteiger charge is -1.82. The van der Waals surface area contributed by atoms with Gasteiger partial charge in [-0.05, 0) is 12.1 Å². The Morgan fingerprint density at radius 1 is 1.17 bits per heavy atom. The highest BCUT2D eigenvalue weighted by Gasteiger charge is 1.91. The number of H-pyrrole nitrogens is 2. The summed E-state index contributed by atoms with van der Waals surface area (Å²) < 4.78 is 0. The minimum absolute atomic E-state index is 0.603. The summed E-state index contributed by atoms with van der Waals surface area (Å²) >= 11 is 0. The number of aromatic amines is 2. The molecule has 60 valence electrons. The predicted octanol–water partition coefficient (Wildman–Crippen LogP) is 1.00. The molecule has 0 bridgehead atoms. The largest absolute Gasteiger partial charge is 0.324 e. The zero-order valence-electron chi connectivity index (χ0n) is 6.33. The molecule has 0 atom stereocenters. The molecule has 0 aliphatic carbocycles. The standard InChI is InChI=1S/C8H8N4/c9-5-10-8-11-6-3-1-2-4-7(6)12-8/h1-5H,(H3,9,10,11,12). The van der Waals surface area contributed by atoms with Crippen molar-refractivity contribution in [2.24, 2.45) is 4.99 Å². The Morgan fingerprint density at radius 3 is 2.25 bits per heavy atom. The van der Waals surface area contributed by atoms with Gasteiger partial charge in [0.1, 0.15) is 6.34 Å². The van der Waals surface area contributed by atoms with E-state index < -0.39 is 0 Å². The van der Waals surface area contributed by atoms with Gasteiger partial charge in [0.05, 0.1) is 11.0 Å². The van der Waals surface area contributed by atoms with Crippen molar-refractivity contribution < 1.29 is 0 Å². The number of para-hydroxylation sites is 2. The fourth-order valence-electron chi connectivity index (χ4n) is 1.12. The maximum Gasteiger partial charge on any atom is 0.206 e. The molecule has 1 aromatic carbocycles. The number of nitrogens with one attached hydrogen (secondary N) is 3. The Labute approximate surface area is 68.5 Å². The molecule has 0 saturated heterocycles. The van der Waals surface area contributed by atoms with Gasteiger partial charge in [0, 0.05) is 0 Å². The number of fused-ring (bicyclic) bond motifs is 1. The Balaban J connectivity index is 2.78. The topological polar surface area (TPSA) is 67.8 Å². The van der Waals surface area contributed by atoms with E-state index in [4.69, 9.17) is 5.41 Å². The van der Waals surface area contributed by atoms with E-state index in [9.17, 15) is 0 Å². The van der Waals surface area contributed by atoms with Crippen LogP contribution in [0.3, 0.4) is 0 Å². The highest BCUT2D eigenvalue weighted by molar-refractivity contribution is 5.73. The Bertz CT molecular complexity index is 427. The molecule has 12 heavy (non-hydrogen) atoms. The number of nitrogens with zero attached hydrogens (tertiary/aromatic N) is 1. The first-order valence-corrected chi connectivity index (χ1v) is 3.60. The van der Waals surface area contributed by atoms with Crippen molar-refractivity contribution in [1.82, 2.24) is 9.97 Å². The molecule has 4 nitrogen and oxygen atoms in total. The van der Waals surface area contributed by atoms with Crippen LogP contribution >= 0.6 is 0 Å². The van der Waals surface area contributed by atoms with Gasteiger partial charge in [0.15, 0.2) is 0 Å². The van der Waals surface area contributed by atoms with Gasteiger partial charge in [-0.1, -0.05) is 12.1 Å². The molecule has 0 aliphatic rings. The van der Waals surface area contributed by atoms with Crippen LogP contribution in [0.5, 0.6) is 0 Å². The second-order valence-corrected chi connectivity index (χ2v) is 2.40. The van der Waals surface area contributed by atoms with Crippen LogP contribution in [0, 0.1) is 5.41 Å². The zero-order chi connectivity index (χ0) is 8.39. The SMILES string of the molecule is N=CN=c1[nH]c2ccccc2[nH]1. The Kier molecular flexibility index (Phi) is 1.51. The summed E-state index contributed by atoms with van der Waals surface area (Å²) in [6.07, 6.45) is 1.00. The lowest BCUT2D eigenvalue weighted by molar-refractivity contribution is 1.13. The summed E-state index contributed by atoms with van der Waals surface area (Å²) in [6, 6.07) is 7.80. The maximum absolute atomic E-state index is 6.78. The molecule has 1 aromatic heterocycles. The van der Waals surface area contributed by atoms with Crippen molar-refractivity contribution in [1.29, 1.82) is 5.41 Å². The number of aromatic nitrogens is 2. The van der Waals surface area contributed by atoms with Crippen molar-refractivity contribution in [2.75, 3.05) is 0 Å². The summed E-state index contributed by atoms with van der Waals surface area (Å²) in [6.45, 7) is 0. The van der Waals surface area contributed by atoms with Gasteiger partial charge in [-0.2, -0.15) is 0 Å². The van der Waals surface area contributed by atoms with Crippen molar-refractivity contribution >= 4 is 17.4 Å². The van der Waals surface area contributed by atoms with E-state index in [2.05, 4.69) is 15.0 Å². The molecular weight excluding hydrogens is 152 g/mol. The normalized spacial score (nSPS) is 10.0. The van der Waals surface area contributed by atoms with E-state index in [1.807, 2.05) is 24.3 Å². The van der Waals surface area contributed by atoms with E-state index in [1.165, 1.54) is 0 Å². The van der Waals surface area contributed by atoms with E-state index >= 15 is 0 Å². The number of hydrogen-bond acceptors (Lipinski definition) is 1. The van der Waals surface area contributed by atoms with Gasteiger partial charge in [-0.25, -0.2) is 4.99 Å². The minimum atomic E-state index is 0.603. The third-order valence-electron chi connectivity index (χ3n) is 1.63. The van der Waals surface area contributed by atoms with E-state index in [0.29, 0.717) is 5.62 Å². The van der Waals surface area contributed by atoms with Crippen LogP contribution in [0.25, 0.3) is 11.0 Å².